The second-order valence-electron chi connectivity index (χ2n) is 8.46. The van der Waals surface area contributed by atoms with Crippen molar-refractivity contribution in [3.8, 4) is 17.2 Å². The van der Waals surface area contributed by atoms with Gasteiger partial charge >= 0.3 is 5.97 Å². The summed E-state index contributed by atoms with van der Waals surface area (Å²) >= 11 is 6.44. The van der Waals surface area contributed by atoms with E-state index in [4.69, 9.17) is 35.7 Å². The fourth-order valence-corrected chi connectivity index (χ4v) is 4.33. The van der Waals surface area contributed by atoms with Crippen LogP contribution in [0.15, 0.2) is 84.9 Å². The van der Waals surface area contributed by atoms with Gasteiger partial charge in [0, 0.05) is 28.5 Å². The van der Waals surface area contributed by atoms with E-state index in [-0.39, 0.29) is 18.4 Å². The lowest BCUT2D eigenvalue weighted by molar-refractivity contribution is -0.244. The number of ether oxygens (including phenoxy) is 4. The Kier molecular flexibility index (Phi) is 9.01. The maximum Gasteiger partial charge on any atom is 0.303 e. The molecule has 0 spiro atoms. The topological polar surface area (TPSA) is 74.2 Å². The monoisotopic (exact) mass is 508 g/mol. The van der Waals surface area contributed by atoms with Crippen molar-refractivity contribution in [2.24, 2.45) is 5.92 Å². The first kappa shape index (κ1) is 25.8. The lowest BCUT2D eigenvalue weighted by Crippen LogP contribution is -2.30. The molecule has 7 heteroatoms. The quantitative estimate of drug-likeness (QED) is 0.288. The van der Waals surface area contributed by atoms with Gasteiger partial charge in [-0.2, -0.15) is 0 Å². The zero-order chi connectivity index (χ0) is 25.3. The normalized spacial score (nSPS) is 19.8. The van der Waals surface area contributed by atoms with E-state index in [2.05, 4.69) is 0 Å². The van der Waals surface area contributed by atoms with Crippen LogP contribution in [0.25, 0.3) is 0 Å². The number of rotatable bonds is 10. The molecule has 4 rings (SSSR count). The van der Waals surface area contributed by atoms with E-state index >= 15 is 0 Å². The average Bonchev–Trinajstić information content (AvgIpc) is 2.89. The predicted octanol–water partition coefficient (Wildman–Crippen LogP) is 7.35. The van der Waals surface area contributed by atoms with Crippen LogP contribution in [0.3, 0.4) is 0 Å². The van der Waals surface area contributed by atoms with Crippen LogP contribution in [-0.4, -0.2) is 24.8 Å². The van der Waals surface area contributed by atoms with E-state index in [1.807, 2.05) is 84.9 Å². The number of benzene rings is 3. The smallest absolute Gasteiger partial charge is 0.303 e. The van der Waals surface area contributed by atoms with Crippen molar-refractivity contribution >= 4 is 17.6 Å². The standard InChI is InChI=1S/C29H29ClO6/c1-33-21-15-17-22(18-16-21)35-26-13-8-6-11-24(26)28-20(9-3-2-4-14-27(31)32)19-34-29(36-28)23-10-5-7-12-25(23)30/h2-3,5-8,10-13,15-18,20,28-29H,4,9,14,19H2,1H3,(H,31,32). The second-order valence-corrected chi connectivity index (χ2v) is 8.87. The summed E-state index contributed by atoms with van der Waals surface area (Å²) < 4.78 is 24.1. The van der Waals surface area contributed by atoms with Crippen LogP contribution in [0.2, 0.25) is 5.02 Å². The summed E-state index contributed by atoms with van der Waals surface area (Å²) in [5, 5.41) is 9.47. The molecular weight excluding hydrogens is 480 g/mol. The number of hydrogen-bond donors (Lipinski definition) is 1. The van der Waals surface area contributed by atoms with Gasteiger partial charge in [0.25, 0.3) is 0 Å². The molecule has 1 saturated heterocycles. The minimum Gasteiger partial charge on any atom is -0.497 e. The third-order valence-corrected chi connectivity index (χ3v) is 6.31. The molecule has 188 valence electrons. The van der Waals surface area contributed by atoms with Crippen molar-refractivity contribution in [1.29, 1.82) is 0 Å². The summed E-state index contributed by atoms with van der Waals surface area (Å²) in [6.07, 6.45) is 4.18. The number of hydrogen-bond acceptors (Lipinski definition) is 5. The Labute approximate surface area is 216 Å². The lowest BCUT2D eigenvalue weighted by Gasteiger charge is -2.37. The zero-order valence-electron chi connectivity index (χ0n) is 20.0. The summed E-state index contributed by atoms with van der Waals surface area (Å²) in [6.45, 7) is 0.445. The van der Waals surface area contributed by atoms with Crippen molar-refractivity contribution in [3.05, 3.63) is 101 Å². The number of halogens is 1. The average molecular weight is 509 g/mol. The Hall–Kier alpha value is -3.32. The highest BCUT2D eigenvalue weighted by molar-refractivity contribution is 6.31. The highest BCUT2D eigenvalue weighted by Gasteiger charge is 2.35. The number of allylic oxidation sites excluding steroid dienone is 2. The van der Waals surface area contributed by atoms with E-state index in [1.54, 1.807) is 7.11 Å². The van der Waals surface area contributed by atoms with E-state index < -0.39 is 12.3 Å². The zero-order valence-corrected chi connectivity index (χ0v) is 20.8. The molecule has 3 aromatic carbocycles. The highest BCUT2D eigenvalue weighted by atomic mass is 35.5. The first-order chi connectivity index (χ1) is 17.5. The van der Waals surface area contributed by atoms with Gasteiger partial charge in [-0.25, -0.2) is 0 Å². The molecule has 6 nitrogen and oxygen atoms in total. The van der Waals surface area contributed by atoms with Gasteiger partial charge < -0.3 is 24.1 Å². The molecule has 1 fully saturated rings. The van der Waals surface area contributed by atoms with Gasteiger partial charge in [-0.05, 0) is 49.2 Å². The Morgan fingerprint density at radius 2 is 1.69 bits per heavy atom. The SMILES string of the molecule is COc1ccc(Oc2ccccc2C2OC(c3ccccc3Cl)OCC2CC=CCCC(=O)O)cc1. The van der Waals surface area contributed by atoms with Crippen molar-refractivity contribution in [1.82, 2.24) is 0 Å². The molecule has 0 bridgehead atoms. The largest absolute Gasteiger partial charge is 0.497 e. The van der Waals surface area contributed by atoms with Crippen LogP contribution in [0.1, 0.15) is 42.8 Å². The molecule has 3 aromatic rings. The van der Waals surface area contributed by atoms with Crippen LogP contribution in [0.5, 0.6) is 17.2 Å². The van der Waals surface area contributed by atoms with Crippen molar-refractivity contribution < 1.29 is 28.8 Å². The fourth-order valence-electron chi connectivity index (χ4n) is 4.11. The third kappa shape index (κ3) is 6.66. The van der Waals surface area contributed by atoms with Crippen LogP contribution >= 0.6 is 11.6 Å². The van der Waals surface area contributed by atoms with Gasteiger partial charge in [0.2, 0.25) is 0 Å². The molecule has 0 aliphatic carbocycles. The second kappa shape index (κ2) is 12.6. The summed E-state index contributed by atoms with van der Waals surface area (Å²) in [7, 11) is 1.62. The minimum atomic E-state index is -0.811. The summed E-state index contributed by atoms with van der Waals surface area (Å²) in [6, 6.07) is 22.7. The van der Waals surface area contributed by atoms with Crippen LogP contribution < -0.4 is 9.47 Å². The van der Waals surface area contributed by atoms with Gasteiger partial charge in [-0.3, -0.25) is 4.79 Å². The van der Waals surface area contributed by atoms with E-state index in [1.165, 1.54) is 0 Å². The molecule has 1 aliphatic rings. The number of carbonyl (C=O) groups is 1. The summed E-state index contributed by atoms with van der Waals surface area (Å²) in [5.41, 5.74) is 1.67. The molecule has 1 heterocycles. The van der Waals surface area contributed by atoms with Gasteiger partial charge in [0.05, 0.1) is 19.8 Å². The Morgan fingerprint density at radius 1 is 1.00 bits per heavy atom. The van der Waals surface area contributed by atoms with Gasteiger partial charge in [-0.1, -0.05) is 60.2 Å². The summed E-state index contributed by atoms with van der Waals surface area (Å²) in [5.74, 6) is 1.30. The molecule has 1 aliphatic heterocycles. The first-order valence-corrected chi connectivity index (χ1v) is 12.2. The molecule has 0 radical (unpaired) electrons. The van der Waals surface area contributed by atoms with Crippen LogP contribution in [-0.2, 0) is 14.3 Å². The first-order valence-electron chi connectivity index (χ1n) is 11.8. The minimum absolute atomic E-state index is 0.00886. The number of carboxylic acids is 1. The van der Waals surface area contributed by atoms with Gasteiger partial charge in [-0.15, -0.1) is 0 Å². The van der Waals surface area contributed by atoms with E-state index in [9.17, 15) is 4.79 Å². The van der Waals surface area contributed by atoms with E-state index in [0.717, 1.165) is 16.9 Å². The van der Waals surface area contributed by atoms with Crippen LogP contribution in [0, 0.1) is 5.92 Å². The Balaban J connectivity index is 1.60. The molecule has 3 unspecified atom stereocenters. The maximum absolute atomic E-state index is 10.8. The van der Waals surface area contributed by atoms with Gasteiger partial charge in [0.1, 0.15) is 17.2 Å². The Morgan fingerprint density at radius 3 is 2.42 bits per heavy atom. The number of para-hydroxylation sites is 1. The van der Waals surface area contributed by atoms with E-state index in [0.29, 0.717) is 36.0 Å². The van der Waals surface area contributed by atoms with Crippen molar-refractivity contribution in [2.75, 3.05) is 13.7 Å². The van der Waals surface area contributed by atoms with Crippen molar-refractivity contribution in [3.63, 3.8) is 0 Å². The van der Waals surface area contributed by atoms with Crippen LogP contribution in [0.4, 0.5) is 0 Å². The number of carboxylic acid groups (broad SMARTS) is 1. The molecule has 36 heavy (non-hydrogen) atoms. The third-order valence-electron chi connectivity index (χ3n) is 5.96. The number of aliphatic carboxylic acids is 1. The molecule has 0 amide bonds. The number of methoxy groups -OCH3 is 1. The lowest BCUT2D eigenvalue weighted by atomic mass is 9.91. The Bertz CT molecular complexity index is 1180. The fraction of sp³-hybridized carbons (Fsp3) is 0.276. The van der Waals surface area contributed by atoms with Crippen molar-refractivity contribution in [2.45, 2.75) is 31.7 Å². The molecule has 3 atom stereocenters. The highest BCUT2D eigenvalue weighted by Crippen LogP contribution is 2.44. The molecular formula is C29H29ClO6. The van der Waals surface area contributed by atoms with Gasteiger partial charge in [0.15, 0.2) is 6.29 Å². The molecule has 0 aromatic heterocycles. The predicted molar refractivity (Wildman–Crippen MR) is 138 cm³/mol. The molecule has 1 N–H and O–H groups in total. The molecule has 0 saturated carbocycles. The maximum atomic E-state index is 10.8. The summed E-state index contributed by atoms with van der Waals surface area (Å²) in [4.78, 5) is 10.8.